The van der Waals surface area contributed by atoms with Crippen LogP contribution < -0.4 is 10.7 Å². The number of benzene rings is 1. The Balaban J connectivity index is 2.12. The van der Waals surface area contributed by atoms with Crippen molar-refractivity contribution in [2.24, 2.45) is 0 Å². The van der Waals surface area contributed by atoms with E-state index in [4.69, 9.17) is 0 Å². The number of carbonyl (C=O) groups is 1. The molecule has 1 aliphatic rings. The quantitative estimate of drug-likeness (QED) is 0.802. The first-order chi connectivity index (χ1) is 11.9. The van der Waals surface area contributed by atoms with E-state index in [0.29, 0.717) is 4.47 Å². The molecule has 0 fully saturated rings. The predicted molar refractivity (Wildman–Crippen MR) is 105 cm³/mol. The van der Waals surface area contributed by atoms with Crippen molar-refractivity contribution in [3.63, 3.8) is 0 Å². The Labute approximate surface area is 156 Å². The number of aryl methyl sites for hydroxylation is 2. The van der Waals surface area contributed by atoms with Crippen LogP contribution in [0.3, 0.4) is 0 Å². The Morgan fingerprint density at radius 2 is 1.80 bits per heavy atom. The third kappa shape index (κ3) is 3.30. The van der Waals surface area contributed by atoms with E-state index in [1.807, 2.05) is 39.0 Å². The van der Waals surface area contributed by atoms with Gasteiger partial charge in [-0.2, -0.15) is 0 Å². The summed E-state index contributed by atoms with van der Waals surface area (Å²) in [5.74, 6) is -0.311. The Bertz CT molecular complexity index is 879. The molecule has 0 radical (unpaired) electrons. The molecule has 2 aromatic rings. The Kier molecular flexibility index (Phi) is 5.13. The minimum absolute atomic E-state index is 0.214. The molecule has 25 heavy (non-hydrogen) atoms. The summed E-state index contributed by atoms with van der Waals surface area (Å²) in [7, 11) is 0. The predicted octanol–water partition coefficient (Wildman–Crippen LogP) is 4.51. The van der Waals surface area contributed by atoms with Crippen LogP contribution >= 0.6 is 15.9 Å². The van der Waals surface area contributed by atoms with Crippen LogP contribution in [0.25, 0.3) is 0 Å². The third-order valence-electron chi connectivity index (χ3n) is 5.01. The highest BCUT2D eigenvalue weighted by molar-refractivity contribution is 9.10. The number of amides is 1. The van der Waals surface area contributed by atoms with Gasteiger partial charge in [0.05, 0.1) is 4.47 Å². The summed E-state index contributed by atoms with van der Waals surface area (Å²) in [6.07, 6.45) is 3.95. The van der Waals surface area contributed by atoms with E-state index in [9.17, 15) is 9.59 Å². The molecule has 5 heteroatoms. The highest BCUT2D eigenvalue weighted by Crippen LogP contribution is 2.25. The fourth-order valence-electron chi connectivity index (χ4n) is 3.58. The van der Waals surface area contributed by atoms with Gasteiger partial charge in [-0.1, -0.05) is 24.6 Å². The molecular formula is C20H23BrN2O2. The van der Waals surface area contributed by atoms with E-state index in [-0.39, 0.29) is 16.9 Å². The topological polar surface area (TPSA) is 51.1 Å². The Morgan fingerprint density at radius 3 is 2.48 bits per heavy atom. The van der Waals surface area contributed by atoms with Gasteiger partial charge in [-0.3, -0.25) is 9.59 Å². The maximum Gasteiger partial charge on any atom is 0.261 e. The number of hydrogen-bond acceptors (Lipinski definition) is 2. The largest absolute Gasteiger partial charge is 0.347 e. The Hall–Kier alpha value is -1.88. The molecule has 1 aromatic heterocycles. The van der Waals surface area contributed by atoms with Gasteiger partial charge in [0.25, 0.3) is 5.91 Å². The maximum atomic E-state index is 13.0. The summed E-state index contributed by atoms with van der Waals surface area (Å²) < 4.78 is 2.63. The van der Waals surface area contributed by atoms with Gasteiger partial charge in [0.1, 0.15) is 5.56 Å². The van der Waals surface area contributed by atoms with Crippen molar-refractivity contribution in [1.82, 2.24) is 4.57 Å². The van der Waals surface area contributed by atoms with Crippen LogP contribution in [0, 0.1) is 20.8 Å². The molecule has 132 valence electrons. The van der Waals surface area contributed by atoms with Gasteiger partial charge >= 0.3 is 0 Å². The molecule has 1 aliphatic heterocycles. The Morgan fingerprint density at radius 1 is 1.12 bits per heavy atom. The molecule has 2 heterocycles. The zero-order valence-corrected chi connectivity index (χ0v) is 16.5. The van der Waals surface area contributed by atoms with E-state index in [2.05, 4.69) is 25.8 Å². The molecule has 0 saturated carbocycles. The van der Waals surface area contributed by atoms with Crippen LogP contribution in [0.5, 0.6) is 0 Å². The number of fused-ring (bicyclic) bond motifs is 1. The van der Waals surface area contributed by atoms with Crippen molar-refractivity contribution in [1.29, 1.82) is 0 Å². The van der Waals surface area contributed by atoms with Crippen LogP contribution in [0.15, 0.2) is 27.5 Å². The fraction of sp³-hybridized carbons (Fsp3) is 0.400. The van der Waals surface area contributed by atoms with Crippen LogP contribution in [-0.2, 0) is 13.0 Å². The van der Waals surface area contributed by atoms with Crippen molar-refractivity contribution in [2.45, 2.75) is 53.0 Å². The van der Waals surface area contributed by atoms with Gasteiger partial charge in [-0.05, 0) is 67.1 Å². The summed E-state index contributed by atoms with van der Waals surface area (Å²) >= 11 is 3.40. The van der Waals surface area contributed by atoms with Crippen molar-refractivity contribution < 1.29 is 4.79 Å². The van der Waals surface area contributed by atoms with E-state index >= 15 is 0 Å². The van der Waals surface area contributed by atoms with Crippen molar-refractivity contribution in [3.8, 4) is 0 Å². The number of halogens is 1. The van der Waals surface area contributed by atoms with Gasteiger partial charge in [-0.15, -0.1) is 0 Å². The average molecular weight is 403 g/mol. The molecule has 3 rings (SSSR count). The molecule has 1 aromatic carbocycles. The van der Waals surface area contributed by atoms with Gasteiger partial charge < -0.3 is 9.88 Å². The van der Waals surface area contributed by atoms with Crippen molar-refractivity contribution in [2.75, 3.05) is 5.32 Å². The minimum atomic E-state index is -0.311. The lowest BCUT2D eigenvalue weighted by atomic mass is 10.0. The first-order valence-corrected chi connectivity index (χ1v) is 9.50. The maximum absolute atomic E-state index is 13.0. The molecule has 0 saturated heterocycles. The second-order valence-corrected chi connectivity index (χ2v) is 7.53. The van der Waals surface area contributed by atoms with Crippen molar-refractivity contribution in [3.05, 3.63) is 61.0 Å². The lowest BCUT2D eigenvalue weighted by molar-refractivity contribution is 0.102. The van der Waals surface area contributed by atoms with E-state index in [0.717, 1.165) is 60.4 Å². The standard InChI is InChI=1S/C20H23BrN2O2/c1-12-8-7-9-13(2)18(12)22-20(25)16-15-10-5-4-6-11-23(15)14(3)17(21)19(16)24/h7-9H,4-6,10-11H2,1-3H3,(H,22,25). The average Bonchev–Trinajstić information content (AvgIpc) is 2.82. The van der Waals surface area contributed by atoms with E-state index in [1.165, 1.54) is 0 Å². The molecule has 0 unspecified atom stereocenters. The van der Waals surface area contributed by atoms with Crippen LogP contribution in [0.1, 0.15) is 52.1 Å². The molecule has 1 amide bonds. The second-order valence-electron chi connectivity index (χ2n) is 6.73. The number of aromatic nitrogens is 1. The summed E-state index contributed by atoms with van der Waals surface area (Å²) in [6.45, 7) is 6.71. The molecule has 4 nitrogen and oxygen atoms in total. The summed E-state index contributed by atoms with van der Waals surface area (Å²) in [5.41, 5.74) is 4.61. The molecule has 1 N–H and O–H groups in total. The zero-order chi connectivity index (χ0) is 18.1. The molecule has 0 atom stereocenters. The third-order valence-corrected chi connectivity index (χ3v) is 5.94. The number of anilines is 1. The van der Waals surface area contributed by atoms with Crippen LogP contribution in [0.4, 0.5) is 5.69 Å². The van der Waals surface area contributed by atoms with Gasteiger partial charge in [-0.25, -0.2) is 0 Å². The normalized spacial score (nSPS) is 13.9. The van der Waals surface area contributed by atoms with Crippen LogP contribution in [-0.4, -0.2) is 10.5 Å². The smallest absolute Gasteiger partial charge is 0.261 e. The SMILES string of the molecule is Cc1cccc(C)c1NC(=O)c1c2n(c(C)c(Br)c1=O)CCCCC2. The van der Waals surface area contributed by atoms with E-state index < -0.39 is 0 Å². The minimum Gasteiger partial charge on any atom is -0.347 e. The number of rotatable bonds is 2. The molecular weight excluding hydrogens is 380 g/mol. The summed E-state index contributed by atoms with van der Waals surface area (Å²) in [5, 5.41) is 2.98. The number of nitrogens with zero attached hydrogens (tertiary/aromatic N) is 1. The first kappa shape index (κ1) is 17.9. The second kappa shape index (κ2) is 7.16. The first-order valence-electron chi connectivity index (χ1n) is 8.71. The number of nitrogens with one attached hydrogen (secondary N) is 1. The fourth-order valence-corrected chi connectivity index (χ4v) is 4.00. The lowest BCUT2D eigenvalue weighted by Gasteiger charge is -2.20. The monoisotopic (exact) mass is 402 g/mol. The molecule has 0 aliphatic carbocycles. The summed E-state index contributed by atoms with van der Waals surface area (Å²) in [6, 6.07) is 5.88. The highest BCUT2D eigenvalue weighted by Gasteiger charge is 2.24. The molecule has 0 bridgehead atoms. The lowest BCUT2D eigenvalue weighted by Crippen LogP contribution is -2.29. The highest BCUT2D eigenvalue weighted by atomic mass is 79.9. The number of pyridine rings is 1. The van der Waals surface area contributed by atoms with Gasteiger partial charge in [0.15, 0.2) is 0 Å². The van der Waals surface area contributed by atoms with Crippen LogP contribution in [0.2, 0.25) is 0 Å². The number of carbonyl (C=O) groups excluding carboxylic acids is 1. The van der Waals surface area contributed by atoms with Gasteiger partial charge in [0, 0.05) is 23.6 Å². The number of hydrogen-bond donors (Lipinski definition) is 1. The zero-order valence-electron chi connectivity index (χ0n) is 14.9. The van der Waals surface area contributed by atoms with Crippen molar-refractivity contribution >= 4 is 27.5 Å². The van der Waals surface area contributed by atoms with Gasteiger partial charge in [0.2, 0.25) is 5.43 Å². The molecule has 0 spiro atoms. The van der Waals surface area contributed by atoms with E-state index in [1.54, 1.807) is 0 Å². The summed E-state index contributed by atoms with van der Waals surface area (Å²) in [4.78, 5) is 25.9. The number of para-hydroxylation sites is 1.